The Kier molecular flexibility index (Phi) is 5.22. The van der Waals surface area contributed by atoms with E-state index in [1.807, 2.05) is 37.4 Å². The molecule has 0 radical (unpaired) electrons. The zero-order chi connectivity index (χ0) is 16.9. The Bertz CT molecular complexity index is 813. The van der Waals surface area contributed by atoms with Gasteiger partial charge in [-0.3, -0.25) is 10.1 Å². The summed E-state index contributed by atoms with van der Waals surface area (Å²) in [5, 5.41) is 14.3. The van der Waals surface area contributed by atoms with Crippen LogP contribution in [-0.2, 0) is 6.61 Å². The number of hydrogen-bond donors (Lipinski definition) is 1. The number of carbonyl (C=O) groups excluding carboxylic acids is 1. The van der Waals surface area contributed by atoms with Gasteiger partial charge in [-0.2, -0.15) is 0 Å². The fourth-order valence-corrected chi connectivity index (χ4v) is 3.32. The predicted octanol–water partition coefficient (Wildman–Crippen LogP) is 4.55. The van der Waals surface area contributed by atoms with Gasteiger partial charge in [-0.1, -0.05) is 37.3 Å². The molecule has 0 unspecified atom stereocenters. The Morgan fingerprint density at radius 2 is 2.12 bits per heavy atom. The second-order valence-corrected chi connectivity index (χ2v) is 7.49. The van der Waals surface area contributed by atoms with Gasteiger partial charge in [0, 0.05) is 16.4 Å². The van der Waals surface area contributed by atoms with Crippen molar-refractivity contribution in [1.82, 2.24) is 10.2 Å². The third-order valence-corrected chi connectivity index (χ3v) is 5.20. The third-order valence-electron chi connectivity index (χ3n) is 3.21. The number of hydrogen-bond acceptors (Lipinski definition) is 6. The summed E-state index contributed by atoms with van der Waals surface area (Å²) in [6.07, 6.45) is 0. The smallest absolute Gasteiger partial charge is 0.257 e. The van der Waals surface area contributed by atoms with E-state index in [-0.39, 0.29) is 5.91 Å². The van der Waals surface area contributed by atoms with Crippen molar-refractivity contribution in [3.63, 3.8) is 0 Å². The van der Waals surface area contributed by atoms with Gasteiger partial charge < -0.3 is 4.74 Å². The maximum Gasteiger partial charge on any atom is 0.257 e. The molecule has 3 aromatic rings. The fraction of sp³-hybridized carbons (Fsp3) is 0.235. The number of aromatic nitrogens is 2. The summed E-state index contributed by atoms with van der Waals surface area (Å²) in [6, 6.07) is 11.1. The summed E-state index contributed by atoms with van der Waals surface area (Å²) in [5.41, 5.74) is 0.528. The summed E-state index contributed by atoms with van der Waals surface area (Å²) in [6.45, 7) is 4.58. The lowest BCUT2D eigenvalue weighted by atomic mass is 10.2. The van der Waals surface area contributed by atoms with Crippen LogP contribution in [0.3, 0.4) is 0 Å². The van der Waals surface area contributed by atoms with E-state index in [9.17, 15) is 4.79 Å². The highest BCUT2D eigenvalue weighted by Crippen LogP contribution is 2.23. The molecule has 0 saturated carbocycles. The summed E-state index contributed by atoms with van der Waals surface area (Å²) >= 11 is 3.03. The first-order chi connectivity index (χ1) is 11.6. The SMILES string of the molecule is CC(C)c1nnc(NC(=O)c2cccc(OCc3cccs3)c2)s1. The maximum atomic E-state index is 12.4. The molecule has 0 spiro atoms. The molecule has 1 amide bonds. The minimum absolute atomic E-state index is 0.219. The summed E-state index contributed by atoms with van der Waals surface area (Å²) < 4.78 is 5.73. The van der Waals surface area contributed by atoms with Gasteiger partial charge in [0.05, 0.1) is 0 Å². The molecule has 124 valence electrons. The van der Waals surface area contributed by atoms with Crippen molar-refractivity contribution in [2.75, 3.05) is 5.32 Å². The predicted molar refractivity (Wildman–Crippen MR) is 97.0 cm³/mol. The maximum absolute atomic E-state index is 12.4. The number of nitrogens with zero attached hydrogens (tertiary/aromatic N) is 2. The first kappa shape index (κ1) is 16.6. The lowest BCUT2D eigenvalue weighted by molar-refractivity contribution is 0.102. The van der Waals surface area contributed by atoms with E-state index in [1.165, 1.54) is 11.3 Å². The molecule has 1 N–H and O–H groups in total. The number of carbonyl (C=O) groups is 1. The molecule has 0 aliphatic heterocycles. The van der Waals surface area contributed by atoms with Crippen molar-refractivity contribution in [2.24, 2.45) is 0 Å². The van der Waals surface area contributed by atoms with Gasteiger partial charge in [-0.15, -0.1) is 21.5 Å². The summed E-state index contributed by atoms with van der Waals surface area (Å²) in [5.74, 6) is 0.737. The molecule has 0 aliphatic carbocycles. The summed E-state index contributed by atoms with van der Waals surface area (Å²) in [4.78, 5) is 13.5. The van der Waals surface area contributed by atoms with Crippen LogP contribution in [0.2, 0.25) is 0 Å². The van der Waals surface area contributed by atoms with Gasteiger partial charge >= 0.3 is 0 Å². The quantitative estimate of drug-likeness (QED) is 0.701. The zero-order valence-electron chi connectivity index (χ0n) is 13.4. The standard InChI is InChI=1S/C17H17N3O2S2/c1-11(2)16-19-20-17(24-16)18-15(21)12-5-3-6-13(9-12)22-10-14-7-4-8-23-14/h3-9,11H,10H2,1-2H3,(H,18,20,21). The van der Waals surface area contributed by atoms with E-state index in [0.29, 0.717) is 29.0 Å². The molecule has 3 rings (SSSR count). The minimum Gasteiger partial charge on any atom is -0.488 e. The Labute approximate surface area is 148 Å². The number of benzene rings is 1. The molecule has 7 heteroatoms. The normalized spacial score (nSPS) is 10.8. The molecule has 1 aromatic carbocycles. The number of amides is 1. The van der Waals surface area contributed by atoms with E-state index in [4.69, 9.17) is 4.74 Å². The van der Waals surface area contributed by atoms with Gasteiger partial charge in [0.2, 0.25) is 5.13 Å². The van der Waals surface area contributed by atoms with Crippen LogP contribution in [0.25, 0.3) is 0 Å². The van der Waals surface area contributed by atoms with Crippen molar-refractivity contribution in [3.05, 3.63) is 57.2 Å². The highest BCUT2D eigenvalue weighted by Gasteiger charge is 2.12. The van der Waals surface area contributed by atoms with Crippen LogP contribution in [0.1, 0.15) is 40.0 Å². The zero-order valence-corrected chi connectivity index (χ0v) is 15.0. The van der Waals surface area contributed by atoms with E-state index < -0.39 is 0 Å². The van der Waals surface area contributed by atoms with Gasteiger partial charge in [-0.25, -0.2) is 0 Å². The topological polar surface area (TPSA) is 64.1 Å². The van der Waals surface area contributed by atoms with Crippen LogP contribution >= 0.6 is 22.7 Å². The van der Waals surface area contributed by atoms with Crippen molar-refractivity contribution >= 4 is 33.7 Å². The van der Waals surface area contributed by atoms with Crippen molar-refractivity contribution in [1.29, 1.82) is 0 Å². The Morgan fingerprint density at radius 1 is 1.25 bits per heavy atom. The second-order valence-electron chi connectivity index (χ2n) is 5.45. The molecule has 0 saturated heterocycles. The second kappa shape index (κ2) is 7.55. The number of rotatable bonds is 6. The largest absolute Gasteiger partial charge is 0.488 e. The molecule has 24 heavy (non-hydrogen) atoms. The number of ether oxygens (including phenoxy) is 1. The van der Waals surface area contributed by atoms with E-state index >= 15 is 0 Å². The average molecular weight is 359 g/mol. The van der Waals surface area contributed by atoms with E-state index in [0.717, 1.165) is 9.88 Å². The highest BCUT2D eigenvalue weighted by molar-refractivity contribution is 7.15. The number of thiophene rings is 1. The van der Waals surface area contributed by atoms with Gasteiger partial charge in [-0.05, 0) is 29.6 Å². The molecule has 0 bridgehead atoms. The average Bonchev–Trinajstić information content (AvgIpc) is 3.25. The van der Waals surface area contributed by atoms with Gasteiger partial charge in [0.1, 0.15) is 17.4 Å². The fourth-order valence-electron chi connectivity index (χ4n) is 1.96. The Hall–Kier alpha value is -2.25. The highest BCUT2D eigenvalue weighted by atomic mass is 32.1. The molecule has 2 aromatic heterocycles. The number of anilines is 1. The van der Waals surface area contributed by atoms with Crippen LogP contribution in [0.15, 0.2) is 41.8 Å². The van der Waals surface area contributed by atoms with Gasteiger partial charge in [0.25, 0.3) is 5.91 Å². The Balaban J connectivity index is 1.64. The van der Waals surface area contributed by atoms with Gasteiger partial charge in [0.15, 0.2) is 0 Å². The number of nitrogens with one attached hydrogen (secondary N) is 1. The van der Waals surface area contributed by atoms with E-state index in [2.05, 4.69) is 15.5 Å². The lowest BCUT2D eigenvalue weighted by Gasteiger charge is -2.07. The molecule has 0 aliphatic rings. The molecule has 5 nitrogen and oxygen atoms in total. The van der Waals surface area contributed by atoms with Crippen LogP contribution in [0.4, 0.5) is 5.13 Å². The first-order valence-corrected chi connectivity index (χ1v) is 9.21. The Morgan fingerprint density at radius 3 is 2.83 bits per heavy atom. The molecular formula is C17H17N3O2S2. The molecule has 0 fully saturated rings. The van der Waals surface area contributed by atoms with Crippen LogP contribution < -0.4 is 10.1 Å². The van der Waals surface area contributed by atoms with Crippen molar-refractivity contribution in [3.8, 4) is 5.75 Å². The van der Waals surface area contributed by atoms with Crippen LogP contribution in [-0.4, -0.2) is 16.1 Å². The minimum atomic E-state index is -0.219. The van der Waals surface area contributed by atoms with Crippen LogP contribution in [0, 0.1) is 0 Å². The molecule has 0 atom stereocenters. The molecule has 2 heterocycles. The third kappa shape index (κ3) is 4.18. The monoisotopic (exact) mass is 359 g/mol. The van der Waals surface area contributed by atoms with Crippen LogP contribution in [0.5, 0.6) is 5.75 Å². The molecular weight excluding hydrogens is 342 g/mol. The van der Waals surface area contributed by atoms with E-state index in [1.54, 1.807) is 29.5 Å². The van der Waals surface area contributed by atoms with Crippen molar-refractivity contribution < 1.29 is 9.53 Å². The lowest BCUT2D eigenvalue weighted by Crippen LogP contribution is -2.11. The summed E-state index contributed by atoms with van der Waals surface area (Å²) in [7, 11) is 0. The van der Waals surface area contributed by atoms with Crippen molar-refractivity contribution in [2.45, 2.75) is 26.4 Å². The first-order valence-electron chi connectivity index (χ1n) is 7.52.